The number of ether oxygens (including phenoxy) is 1. The molecule has 1 aliphatic rings. The highest BCUT2D eigenvalue weighted by molar-refractivity contribution is 5.94. The van der Waals surface area contributed by atoms with E-state index in [1.165, 1.54) is 12.0 Å². The van der Waals surface area contributed by atoms with E-state index in [1.54, 1.807) is 6.20 Å². The Bertz CT molecular complexity index is 676. The molecule has 1 atom stereocenters. The smallest absolute Gasteiger partial charge is 0.252 e. The maximum atomic E-state index is 12.2. The zero-order valence-electron chi connectivity index (χ0n) is 14.1. The predicted octanol–water partition coefficient (Wildman–Crippen LogP) is 3.75. The lowest BCUT2D eigenvalue weighted by Gasteiger charge is -2.22. The van der Waals surface area contributed by atoms with Gasteiger partial charge >= 0.3 is 0 Å². The molecule has 0 radical (unpaired) electrons. The van der Waals surface area contributed by atoms with Crippen molar-refractivity contribution in [3.63, 3.8) is 0 Å². The van der Waals surface area contributed by atoms with Crippen molar-refractivity contribution >= 4 is 5.91 Å². The summed E-state index contributed by atoms with van der Waals surface area (Å²) in [4.78, 5) is 16.6. The maximum absolute atomic E-state index is 12.2. The number of benzene rings is 1. The lowest BCUT2D eigenvalue weighted by Crippen LogP contribution is -2.29. The van der Waals surface area contributed by atoms with E-state index in [2.05, 4.69) is 29.4 Å². The van der Waals surface area contributed by atoms with Crippen molar-refractivity contribution in [2.75, 3.05) is 13.2 Å². The molecule has 1 unspecified atom stereocenters. The van der Waals surface area contributed by atoms with E-state index in [0.717, 1.165) is 37.1 Å². The fourth-order valence-corrected chi connectivity index (χ4v) is 2.99. The van der Waals surface area contributed by atoms with Gasteiger partial charge in [0.1, 0.15) is 0 Å². The summed E-state index contributed by atoms with van der Waals surface area (Å²) in [6.07, 6.45) is 6.29. The normalized spacial score (nSPS) is 17.5. The van der Waals surface area contributed by atoms with E-state index in [0.29, 0.717) is 18.2 Å². The Morgan fingerprint density at radius 3 is 2.92 bits per heavy atom. The zero-order chi connectivity index (χ0) is 16.8. The van der Waals surface area contributed by atoms with Gasteiger partial charge in [-0.05, 0) is 50.8 Å². The molecule has 0 bridgehead atoms. The van der Waals surface area contributed by atoms with E-state index in [4.69, 9.17) is 4.74 Å². The van der Waals surface area contributed by atoms with Crippen LogP contribution < -0.4 is 5.32 Å². The SMILES string of the molecule is Cc1cccc(-c2ccc(C(=O)NCCC3CCCCO3)cn2)c1. The molecule has 1 N–H and O–H groups in total. The van der Waals surface area contributed by atoms with Crippen LogP contribution in [0.15, 0.2) is 42.6 Å². The van der Waals surface area contributed by atoms with Gasteiger partial charge in [-0.2, -0.15) is 0 Å². The average Bonchev–Trinajstić information content (AvgIpc) is 2.63. The molecule has 1 aromatic heterocycles. The monoisotopic (exact) mass is 324 g/mol. The molecule has 1 fully saturated rings. The van der Waals surface area contributed by atoms with Crippen LogP contribution in [0.3, 0.4) is 0 Å². The molecule has 1 saturated heterocycles. The third-order valence-electron chi connectivity index (χ3n) is 4.37. The Kier molecular flexibility index (Phi) is 5.59. The lowest BCUT2D eigenvalue weighted by atomic mass is 10.1. The number of pyridine rings is 1. The van der Waals surface area contributed by atoms with E-state index in [1.807, 2.05) is 24.3 Å². The Balaban J connectivity index is 1.53. The van der Waals surface area contributed by atoms with Crippen LogP contribution in [0.1, 0.15) is 41.6 Å². The number of nitrogens with zero attached hydrogens (tertiary/aromatic N) is 1. The largest absolute Gasteiger partial charge is 0.378 e. The average molecular weight is 324 g/mol. The fourth-order valence-electron chi connectivity index (χ4n) is 2.99. The van der Waals surface area contributed by atoms with Crippen LogP contribution in [0.4, 0.5) is 0 Å². The number of carbonyl (C=O) groups is 1. The molecular weight excluding hydrogens is 300 g/mol. The Morgan fingerprint density at radius 1 is 1.29 bits per heavy atom. The number of hydrogen-bond donors (Lipinski definition) is 1. The summed E-state index contributed by atoms with van der Waals surface area (Å²) in [5.74, 6) is -0.0749. The van der Waals surface area contributed by atoms with Gasteiger partial charge in [-0.3, -0.25) is 9.78 Å². The molecule has 0 spiro atoms. The van der Waals surface area contributed by atoms with Crippen molar-refractivity contribution in [1.29, 1.82) is 0 Å². The quantitative estimate of drug-likeness (QED) is 0.911. The predicted molar refractivity (Wildman–Crippen MR) is 95.0 cm³/mol. The third kappa shape index (κ3) is 4.42. The summed E-state index contributed by atoms with van der Waals surface area (Å²) in [5.41, 5.74) is 3.74. The fraction of sp³-hybridized carbons (Fsp3) is 0.400. The maximum Gasteiger partial charge on any atom is 0.252 e. The summed E-state index contributed by atoms with van der Waals surface area (Å²) in [7, 11) is 0. The minimum absolute atomic E-state index is 0.0749. The van der Waals surface area contributed by atoms with Crippen LogP contribution in [0.2, 0.25) is 0 Å². The first-order chi connectivity index (χ1) is 11.7. The van der Waals surface area contributed by atoms with E-state index in [-0.39, 0.29) is 5.91 Å². The van der Waals surface area contributed by atoms with Crippen molar-refractivity contribution in [2.24, 2.45) is 0 Å². The van der Waals surface area contributed by atoms with Gasteiger partial charge in [-0.1, -0.05) is 23.8 Å². The van der Waals surface area contributed by atoms with Crippen molar-refractivity contribution in [3.05, 3.63) is 53.7 Å². The van der Waals surface area contributed by atoms with Gasteiger partial charge in [0.15, 0.2) is 0 Å². The second kappa shape index (κ2) is 8.06. The van der Waals surface area contributed by atoms with Gasteiger partial charge in [0.25, 0.3) is 5.91 Å². The zero-order valence-corrected chi connectivity index (χ0v) is 14.1. The molecule has 1 amide bonds. The topological polar surface area (TPSA) is 51.2 Å². The number of aryl methyl sites for hydroxylation is 1. The number of nitrogens with one attached hydrogen (secondary N) is 1. The van der Waals surface area contributed by atoms with Crippen molar-refractivity contribution in [1.82, 2.24) is 10.3 Å². The van der Waals surface area contributed by atoms with Crippen LogP contribution in [-0.2, 0) is 4.74 Å². The summed E-state index contributed by atoms with van der Waals surface area (Å²) < 4.78 is 5.68. The molecule has 0 aliphatic carbocycles. The molecule has 4 nitrogen and oxygen atoms in total. The van der Waals surface area contributed by atoms with Crippen molar-refractivity contribution in [3.8, 4) is 11.3 Å². The Hall–Kier alpha value is -2.20. The van der Waals surface area contributed by atoms with Crippen LogP contribution in [0, 0.1) is 6.92 Å². The number of hydrogen-bond acceptors (Lipinski definition) is 3. The molecule has 126 valence electrons. The van der Waals surface area contributed by atoms with E-state index >= 15 is 0 Å². The molecule has 3 rings (SSSR count). The lowest BCUT2D eigenvalue weighted by molar-refractivity contribution is 0.0117. The van der Waals surface area contributed by atoms with Crippen molar-refractivity contribution < 1.29 is 9.53 Å². The van der Waals surface area contributed by atoms with Crippen LogP contribution in [0.25, 0.3) is 11.3 Å². The van der Waals surface area contributed by atoms with Crippen LogP contribution in [0.5, 0.6) is 0 Å². The minimum atomic E-state index is -0.0749. The Labute approximate surface area is 143 Å². The molecule has 2 aromatic rings. The van der Waals surface area contributed by atoms with Gasteiger partial charge in [-0.25, -0.2) is 0 Å². The van der Waals surface area contributed by atoms with Gasteiger partial charge in [0.05, 0.1) is 17.4 Å². The summed E-state index contributed by atoms with van der Waals surface area (Å²) >= 11 is 0. The minimum Gasteiger partial charge on any atom is -0.378 e. The van der Waals surface area contributed by atoms with Gasteiger partial charge in [-0.15, -0.1) is 0 Å². The van der Waals surface area contributed by atoms with Gasteiger partial charge in [0, 0.05) is 24.9 Å². The van der Waals surface area contributed by atoms with Gasteiger partial charge < -0.3 is 10.1 Å². The molecule has 2 heterocycles. The summed E-state index contributed by atoms with van der Waals surface area (Å²) in [6, 6.07) is 11.9. The third-order valence-corrected chi connectivity index (χ3v) is 4.37. The first kappa shape index (κ1) is 16.7. The van der Waals surface area contributed by atoms with Crippen LogP contribution in [-0.4, -0.2) is 30.1 Å². The number of amides is 1. The molecule has 1 aliphatic heterocycles. The van der Waals surface area contributed by atoms with Crippen LogP contribution >= 0.6 is 0 Å². The van der Waals surface area contributed by atoms with E-state index < -0.39 is 0 Å². The van der Waals surface area contributed by atoms with E-state index in [9.17, 15) is 4.79 Å². The first-order valence-electron chi connectivity index (χ1n) is 8.65. The highest BCUT2D eigenvalue weighted by Gasteiger charge is 2.14. The number of rotatable bonds is 5. The van der Waals surface area contributed by atoms with Crippen molar-refractivity contribution in [2.45, 2.75) is 38.7 Å². The summed E-state index contributed by atoms with van der Waals surface area (Å²) in [6.45, 7) is 3.55. The highest BCUT2D eigenvalue weighted by Crippen LogP contribution is 2.18. The first-order valence-corrected chi connectivity index (χ1v) is 8.65. The number of carbonyl (C=O) groups excluding carboxylic acids is 1. The molecule has 1 aromatic carbocycles. The highest BCUT2D eigenvalue weighted by atomic mass is 16.5. The van der Waals surface area contributed by atoms with Gasteiger partial charge in [0.2, 0.25) is 0 Å². The Morgan fingerprint density at radius 2 is 2.21 bits per heavy atom. The second-order valence-electron chi connectivity index (χ2n) is 6.33. The molecular formula is C20H24N2O2. The molecule has 4 heteroatoms. The molecule has 0 saturated carbocycles. The molecule has 24 heavy (non-hydrogen) atoms. The summed E-state index contributed by atoms with van der Waals surface area (Å²) in [5, 5.41) is 2.96. The standard InChI is InChI=1S/C20H24N2O2/c1-15-5-4-6-16(13-15)19-9-8-17(14-22-19)20(23)21-11-10-18-7-2-3-12-24-18/h4-6,8-9,13-14,18H,2-3,7,10-12H2,1H3,(H,21,23). The number of aromatic nitrogens is 1. The second-order valence-corrected chi connectivity index (χ2v) is 6.33.